The van der Waals surface area contributed by atoms with E-state index in [0.717, 1.165) is 0 Å². The highest BCUT2D eigenvalue weighted by molar-refractivity contribution is 5.92. The van der Waals surface area contributed by atoms with Crippen LogP contribution in [0, 0.1) is 17.2 Å². The van der Waals surface area contributed by atoms with E-state index in [1.807, 2.05) is 0 Å². The Hall–Kier alpha value is -2.09. The minimum absolute atomic E-state index is 0.192. The van der Waals surface area contributed by atoms with Crippen LogP contribution in [-0.2, 0) is 0 Å². The predicted octanol–water partition coefficient (Wildman–Crippen LogP) is 0.895. The van der Waals surface area contributed by atoms with Crippen LogP contribution < -0.4 is 5.73 Å². The van der Waals surface area contributed by atoms with Crippen LogP contribution in [0.3, 0.4) is 0 Å². The number of nitrogen functional groups attached to an aromatic ring is 1. The molecule has 0 bridgehead atoms. The Bertz CT molecular complexity index is 407. The van der Waals surface area contributed by atoms with Crippen molar-refractivity contribution in [3.8, 4) is 6.07 Å². The summed E-state index contributed by atoms with van der Waals surface area (Å²) in [6, 6.07) is 5.28. The lowest BCUT2D eigenvalue weighted by molar-refractivity contribution is 0.0779. The van der Waals surface area contributed by atoms with Gasteiger partial charge in [-0.15, -0.1) is 0 Å². The van der Waals surface area contributed by atoms with E-state index in [0.29, 0.717) is 17.9 Å². The highest BCUT2D eigenvalue weighted by Gasteiger charge is 2.14. The number of pyridine rings is 1. The molecule has 1 amide bonds. The van der Waals surface area contributed by atoms with Gasteiger partial charge in [0.1, 0.15) is 5.69 Å². The Kier molecular flexibility index (Phi) is 3.84. The molecular formula is C11H14N4O. The summed E-state index contributed by atoms with van der Waals surface area (Å²) in [6.07, 6.45) is 1.44. The molecule has 1 aromatic rings. The van der Waals surface area contributed by atoms with Gasteiger partial charge in [-0.05, 0) is 19.1 Å². The summed E-state index contributed by atoms with van der Waals surface area (Å²) in [4.78, 5) is 17.2. The molecule has 0 radical (unpaired) electrons. The van der Waals surface area contributed by atoms with Gasteiger partial charge < -0.3 is 10.6 Å². The van der Waals surface area contributed by atoms with Crippen molar-refractivity contribution in [1.29, 1.82) is 5.26 Å². The van der Waals surface area contributed by atoms with Crippen molar-refractivity contribution in [2.75, 3.05) is 19.3 Å². The van der Waals surface area contributed by atoms with Crippen LogP contribution in [0.2, 0.25) is 0 Å². The molecular weight excluding hydrogens is 204 g/mol. The fourth-order valence-electron chi connectivity index (χ4n) is 1.26. The molecule has 5 nitrogen and oxygen atoms in total. The number of hydrogen-bond donors (Lipinski definition) is 1. The topological polar surface area (TPSA) is 83.0 Å². The lowest BCUT2D eigenvalue weighted by Gasteiger charge is -2.17. The molecule has 5 heteroatoms. The molecule has 0 aromatic carbocycles. The van der Waals surface area contributed by atoms with Crippen molar-refractivity contribution >= 4 is 11.6 Å². The summed E-state index contributed by atoms with van der Waals surface area (Å²) >= 11 is 0. The van der Waals surface area contributed by atoms with Gasteiger partial charge in [-0.3, -0.25) is 4.79 Å². The number of hydrogen-bond acceptors (Lipinski definition) is 4. The second-order valence-electron chi connectivity index (χ2n) is 3.69. The van der Waals surface area contributed by atoms with Crippen LogP contribution in [0.1, 0.15) is 17.4 Å². The second kappa shape index (κ2) is 5.12. The van der Waals surface area contributed by atoms with E-state index in [4.69, 9.17) is 11.0 Å². The fraction of sp³-hybridized carbons (Fsp3) is 0.364. The van der Waals surface area contributed by atoms with E-state index in [9.17, 15) is 4.79 Å². The van der Waals surface area contributed by atoms with Gasteiger partial charge >= 0.3 is 0 Å². The van der Waals surface area contributed by atoms with Crippen molar-refractivity contribution in [2.45, 2.75) is 6.92 Å². The number of anilines is 1. The molecule has 0 spiro atoms. The highest BCUT2D eigenvalue weighted by atomic mass is 16.2. The third-order valence-corrected chi connectivity index (χ3v) is 2.12. The third kappa shape index (κ3) is 2.95. The van der Waals surface area contributed by atoms with Crippen LogP contribution in [0.4, 0.5) is 5.69 Å². The van der Waals surface area contributed by atoms with Crippen LogP contribution in [0.25, 0.3) is 0 Å². The molecule has 16 heavy (non-hydrogen) atoms. The van der Waals surface area contributed by atoms with Crippen molar-refractivity contribution in [1.82, 2.24) is 9.88 Å². The molecule has 1 rings (SSSR count). The van der Waals surface area contributed by atoms with E-state index >= 15 is 0 Å². The van der Waals surface area contributed by atoms with Gasteiger partial charge in [0.2, 0.25) is 0 Å². The molecule has 0 aliphatic heterocycles. The Morgan fingerprint density at radius 1 is 1.69 bits per heavy atom. The largest absolute Gasteiger partial charge is 0.397 e. The number of amides is 1. The van der Waals surface area contributed by atoms with E-state index in [1.54, 1.807) is 26.1 Å². The van der Waals surface area contributed by atoms with Crippen LogP contribution >= 0.6 is 0 Å². The van der Waals surface area contributed by atoms with E-state index in [1.165, 1.54) is 11.1 Å². The minimum atomic E-state index is -0.206. The average molecular weight is 218 g/mol. The van der Waals surface area contributed by atoms with Crippen LogP contribution in [0.15, 0.2) is 18.3 Å². The summed E-state index contributed by atoms with van der Waals surface area (Å²) < 4.78 is 0. The number of carbonyl (C=O) groups is 1. The molecule has 0 saturated heterocycles. The summed E-state index contributed by atoms with van der Waals surface area (Å²) in [7, 11) is 1.65. The first-order valence-corrected chi connectivity index (χ1v) is 4.91. The maximum atomic E-state index is 11.8. The molecule has 1 heterocycles. The first-order chi connectivity index (χ1) is 7.54. The molecule has 2 N–H and O–H groups in total. The zero-order valence-electron chi connectivity index (χ0n) is 9.34. The lowest BCUT2D eigenvalue weighted by Crippen LogP contribution is -2.31. The maximum Gasteiger partial charge on any atom is 0.272 e. The number of nitrogens with two attached hydrogens (primary N) is 1. The molecule has 0 aliphatic rings. The smallest absolute Gasteiger partial charge is 0.272 e. The zero-order valence-corrected chi connectivity index (χ0v) is 9.34. The third-order valence-electron chi connectivity index (χ3n) is 2.12. The summed E-state index contributed by atoms with van der Waals surface area (Å²) in [5.74, 6) is -0.398. The quantitative estimate of drug-likeness (QED) is 0.816. The van der Waals surface area contributed by atoms with Gasteiger partial charge in [-0.25, -0.2) is 4.98 Å². The molecule has 1 aromatic heterocycles. The van der Waals surface area contributed by atoms with E-state index < -0.39 is 0 Å². The number of nitrogens with zero attached hydrogens (tertiary/aromatic N) is 3. The van der Waals surface area contributed by atoms with Gasteiger partial charge in [-0.1, -0.05) is 0 Å². The Labute approximate surface area is 94.5 Å². The summed E-state index contributed by atoms with van der Waals surface area (Å²) in [6.45, 7) is 2.15. The molecule has 0 saturated carbocycles. The molecule has 1 atom stereocenters. The zero-order chi connectivity index (χ0) is 12.1. The monoisotopic (exact) mass is 218 g/mol. The van der Waals surface area contributed by atoms with Crippen molar-refractivity contribution < 1.29 is 4.79 Å². The Morgan fingerprint density at radius 3 is 2.88 bits per heavy atom. The molecule has 1 unspecified atom stereocenters. The fourth-order valence-corrected chi connectivity index (χ4v) is 1.26. The highest BCUT2D eigenvalue weighted by Crippen LogP contribution is 2.05. The minimum Gasteiger partial charge on any atom is -0.397 e. The Morgan fingerprint density at radius 2 is 2.38 bits per heavy atom. The molecule has 0 fully saturated rings. The van der Waals surface area contributed by atoms with Gasteiger partial charge in [0.25, 0.3) is 5.91 Å². The van der Waals surface area contributed by atoms with Gasteiger partial charge in [-0.2, -0.15) is 5.26 Å². The first kappa shape index (κ1) is 12.0. The first-order valence-electron chi connectivity index (χ1n) is 4.91. The van der Waals surface area contributed by atoms with Crippen molar-refractivity contribution in [3.05, 3.63) is 24.0 Å². The van der Waals surface area contributed by atoms with Crippen LogP contribution in [0.5, 0.6) is 0 Å². The number of rotatable bonds is 3. The molecule has 0 aliphatic carbocycles. The lowest BCUT2D eigenvalue weighted by atomic mass is 10.2. The van der Waals surface area contributed by atoms with Gasteiger partial charge in [0, 0.05) is 13.6 Å². The maximum absolute atomic E-state index is 11.8. The van der Waals surface area contributed by atoms with E-state index in [-0.39, 0.29) is 11.8 Å². The standard InChI is InChI=1S/C11H14N4O/c1-8(5-12)7-15(2)11(16)10-4-3-9(13)6-14-10/h3-4,6,8H,7,13H2,1-2H3. The Balaban J connectivity index is 2.71. The number of carbonyl (C=O) groups excluding carboxylic acids is 1. The predicted molar refractivity (Wildman–Crippen MR) is 60.4 cm³/mol. The van der Waals surface area contributed by atoms with Crippen molar-refractivity contribution in [3.63, 3.8) is 0 Å². The molecule has 84 valence electrons. The van der Waals surface area contributed by atoms with Crippen molar-refractivity contribution in [2.24, 2.45) is 5.92 Å². The summed E-state index contributed by atoms with van der Waals surface area (Å²) in [5, 5.41) is 8.65. The second-order valence-corrected chi connectivity index (χ2v) is 3.69. The number of aromatic nitrogens is 1. The van der Waals surface area contributed by atoms with Gasteiger partial charge in [0.05, 0.1) is 23.9 Å². The van der Waals surface area contributed by atoms with Gasteiger partial charge in [0.15, 0.2) is 0 Å². The average Bonchev–Trinajstić information content (AvgIpc) is 2.28. The van der Waals surface area contributed by atoms with E-state index in [2.05, 4.69) is 11.1 Å². The number of nitriles is 1. The van der Waals surface area contributed by atoms with Crippen LogP contribution in [-0.4, -0.2) is 29.4 Å². The SMILES string of the molecule is CC(C#N)CN(C)C(=O)c1ccc(N)cn1. The normalized spacial score (nSPS) is 11.6. The summed E-state index contributed by atoms with van der Waals surface area (Å²) in [5.41, 5.74) is 6.33.